The van der Waals surface area contributed by atoms with Crippen molar-refractivity contribution in [1.82, 2.24) is 5.32 Å². The molecule has 0 bridgehead atoms. The third-order valence-corrected chi connectivity index (χ3v) is 5.97. The van der Waals surface area contributed by atoms with E-state index in [0.717, 1.165) is 31.2 Å². The highest BCUT2D eigenvalue weighted by Gasteiger charge is 2.31. The van der Waals surface area contributed by atoms with Gasteiger partial charge in [-0.15, -0.1) is 0 Å². The number of rotatable bonds is 9. The van der Waals surface area contributed by atoms with Crippen LogP contribution in [0.25, 0.3) is 0 Å². The third kappa shape index (κ3) is 7.31. The quantitative estimate of drug-likeness (QED) is 0.626. The molecule has 1 amide bonds. The van der Waals surface area contributed by atoms with Crippen LogP contribution in [0, 0.1) is 11.3 Å². The van der Waals surface area contributed by atoms with Crippen LogP contribution >= 0.6 is 0 Å². The minimum absolute atomic E-state index is 0.0967. The molecule has 2 atom stereocenters. The third-order valence-electron chi connectivity index (χ3n) is 5.97. The fourth-order valence-electron chi connectivity index (χ4n) is 4.02. The van der Waals surface area contributed by atoms with E-state index in [1.807, 2.05) is 12.1 Å². The molecule has 30 heavy (non-hydrogen) atoms. The van der Waals surface area contributed by atoms with E-state index < -0.39 is 18.2 Å². The van der Waals surface area contributed by atoms with Crippen LogP contribution in [0.1, 0.15) is 65.9 Å². The molecule has 1 aliphatic rings. The highest BCUT2D eigenvalue weighted by atomic mass is 16.5. The van der Waals surface area contributed by atoms with Crippen LogP contribution in [-0.4, -0.2) is 41.8 Å². The first kappa shape index (κ1) is 24.2. The molecular formula is C24H37NO5. The highest BCUT2D eigenvalue weighted by molar-refractivity contribution is 5.81. The lowest BCUT2D eigenvalue weighted by atomic mass is 9.71. The van der Waals surface area contributed by atoms with Gasteiger partial charge in [-0.3, -0.25) is 4.79 Å². The van der Waals surface area contributed by atoms with Crippen molar-refractivity contribution < 1.29 is 24.2 Å². The maximum Gasteiger partial charge on any atom is 0.333 e. The summed E-state index contributed by atoms with van der Waals surface area (Å²) in [5.41, 5.74) is 1.17. The first-order valence-corrected chi connectivity index (χ1v) is 11.0. The van der Waals surface area contributed by atoms with Gasteiger partial charge in [0.1, 0.15) is 5.75 Å². The van der Waals surface area contributed by atoms with Gasteiger partial charge in [0.25, 0.3) is 5.91 Å². The molecule has 0 heterocycles. The minimum Gasteiger partial charge on any atom is -0.481 e. The average molecular weight is 420 g/mol. The molecule has 2 N–H and O–H groups in total. The number of hydrogen-bond donors (Lipinski definition) is 2. The van der Waals surface area contributed by atoms with Crippen LogP contribution in [0.15, 0.2) is 24.3 Å². The molecule has 0 unspecified atom stereocenters. The van der Waals surface area contributed by atoms with Gasteiger partial charge in [-0.1, -0.05) is 32.9 Å². The number of ether oxygens (including phenoxy) is 2. The Bertz CT molecular complexity index is 687. The molecule has 0 spiro atoms. The zero-order chi connectivity index (χ0) is 22.3. The Balaban J connectivity index is 1.82. The monoisotopic (exact) mass is 419 g/mol. The molecule has 0 aliphatic heterocycles. The fraction of sp³-hybridized carbons (Fsp3) is 0.667. The van der Waals surface area contributed by atoms with Gasteiger partial charge < -0.3 is 19.9 Å². The van der Waals surface area contributed by atoms with Crippen LogP contribution in [0.4, 0.5) is 0 Å². The lowest BCUT2D eigenvalue weighted by Crippen LogP contribution is -2.44. The van der Waals surface area contributed by atoms with E-state index >= 15 is 0 Å². The predicted molar refractivity (Wildman–Crippen MR) is 117 cm³/mol. The van der Waals surface area contributed by atoms with Gasteiger partial charge in [-0.05, 0) is 68.6 Å². The molecule has 1 aromatic rings. The summed E-state index contributed by atoms with van der Waals surface area (Å²) in [6.45, 7) is 10.7. The lowest BCUT2D eigenvalue weighted by molar-refractivity contribution is -0.150. The minimum atomic E-state index is -0.973. The number of carboxylic acids is 1. The van der Waals surface area contributed by atoms with Crippen molar-refractivity contribution in [2.24, 2.45) is 11.3 Å². The Morgan fingerprint density at radius 1 is 1.13 bits per heavy atom. The molecular weight excluding hydrogens is 382 g/mol. The summed E-state index contributed by atoms with van der Waals surface area (Å²) in [5.74, 6) is 0.224. The normalized spacial score (nSPS) is 21.5. The van der Waals surface area contributed by atoms with Crippen molar-refractivity contribution in [1.29, 1.82) is 0 Å². The Hall–Kier alpha value is -2.08. The summed E-state index contributed by atoms with van der Waals surface area (Å²) < 4.78 is 11.0. The molecule has 0 aromatic heterocycles. The first-order valence-electron chi connectivity index (χ1n) is 11.0. The van der Waals surface area contributed by atoms with Crippen molar-refractivity contribution in [2.75, 3.05) is 6.61 Å². The van der Waals surface area contributed by atoms with E-state index in [-0.39, 0.29) is 18.4 Å². The lowest BCUT2D eigenvalue weighted by Gasteiger charge is -2.37. The van der Waals surface area contributed by atoms with Crippen LogP contribution in [0.3, 0.4) is 0 Å². The van der Waals surface area contributed by atoms with E-state index in [0.29, 0.717) is 23.7 Å². The molecule has 1 fully saturated rings. The van der Waals surface area contributed by atoms with Crippen LogP contribution in [0.5, 0.6) is 5.75 Å². The number of nitrogens with one attached hydrogen (secondary N) is 1. The van der Waals surface area contributed by atoms with Crippen molar-refractivity contribution in [3.05, 3.63) is 29.8 Å². The van der Waals surface area contributed by atoms with Gasteiger partial charge in [0.2, 0.25) is 0 Å². The van der Waals surface area contributed by atoms with Crippen molar-refractivity contribution in [2.45, 2.75) is 85.0 Å². The van der Waals surface area contributed by atoms with E-state index in [1.165, 1.54) is 0 Å². The Labute approximate surface area is 180 Å². The molecule has 1 aromatic carbocycles. The SMILES string of the molecule is CCO[C@@H](Cc1ccc(O[C@@H](C)C(=O)NC2CCC(C(C)(C)C)CC2)cc1)C(=O)O. The van der Waals surface area contributed by atoms with E-state index in [1.54, 1.807) is 26.0 Å². The number of carboxylic acid groups (broad SMARTS) is 1. The van der Waals surface area contributed by atoms with Gasteiger partial charge in [-0.25, -0.2) is 4.79 Å². The molecule has 168 valence electrons. The summed E-state index contributed by atoms with van der Waals surface area (Å²) in [6.07, 6.45) is 3.15. The van der Waals surface area contributed by atoms with Gasteiger partial charge in [-0.2, -0.15) is 0 Å². The summed E-state index contributed by atoms with van der Waals surface area (Å²) in [5, 5.41) is 12.3. The fourth-order valence-corrected chi connectivity index (χ4v) is 4.02. The highest BCUT2D eigenvalue weighted by Crippen LogP contribution is 2.37. The smallest absolute Gasteiger partial charge is 0.333 e. The molecule has 2 rings (SSSR count). The van der Waals surface area contributed by atoms with Crippen LogP contribution in [0.2, 0.25) is 0 Å². The summed E-state index contributed by atoms with van der Waals surface area (Å²) in [6, 6.07) is 7.36. The molecule has 6 heteroatoms. The Kier molecular flexibility index (Phi) is 8.71. The van der Waals surface area contributed by atoms with Crippen molar-refractivity contribution in [3.63, 3.8) is 0 Å². The second kappa shape index (κ2) is 10.8. The number of hydrogen-bond acceptors (Lipinski definition) is 4. The molecule has 0 radical (unpaired) electrons. The number of carbonyl (C=O) groups is 2. The van der Waals surface area contributed by atoms with Gasteiger partial charge in [0, 0.05) is 19.1 Å². The maximum atomic E-state index is 12.5. The van der Waals surface area contributed by atoms with Gasteiger partial charge >= 0.3 is 5.97 Å². The molecule has 1 aliphatic carbocycles. The summed E-state index contributed by atoms with van der Waals surface area (Å²) in [7, 11) is 0. The van der Waals surface area contributed by atoms with Crippen molar-refractivity contribution in [3.8, 4) is 5.75 Å². The second-order valence-corrected chi connectivity index (χ2v) is 9.31. The molecule has 0 saturated heterocycles. The zero-order valence-corrected chi connectivity index (χ0v) is 18.9. The predicted octanol–water partition coefficient (Wildman–Crippen LogP) is 4.21. The Morgan fingerprint density at radius 3 is 2.23 bits per heavy atom. The number of amides is 1. The van der Waals surface area contributed by atoms with Gasteiger partial charge in [0.05, 0.1) is 0 Å². The van der Waals surface area contributed by atoms with Crippen LogP contribution in [-0.2, 0) is 20.7 Å². The largest absolute Gasteiger partial charge is 0.481 e. The number of benzene rings is 1. The Morgan fingerprint density at radius 2 is 1.73 bits per heavy atom. The standard InChI is InChI=1S/C24H37NO5/c1-6-29-21(23(27)28)15-17-7-13-20(14-8-17)30-16(2)22(26)25-19-11-9-18(10-12-19)24(3,4)5/h7-8,13-14,16,18-19,21H,6,9-12,15H2,1-5H3,(H,25,26)(H,27,28)/t16-,18?,19?,21-/m0/s1. The van der Waals surface area contributed by atoms with Gasteiger partial charge in [0.15, 0.2) is 12.2 Å². The van der Waals surface area contributed by atoms with Crippen LogP contribution < -0.4 is 10.1 Å². The van der Waals surface area contributed by atoms with E-state index in [2.05, 4.69) is 26.1 Å². The van der Waals surface area contributed by atoms with Crippen molar-refractivity contribution >= 4 is 11.9 Å². The van der Waals surface area contributed by atoms with E-state index in [4.69, 9.17) is 9.47 Å². The zero-order valence-electron chi connectivity index (χ0n) is 18.9. The topological polar surface area (TPSA) is 84.9 Å². The first-order chi connectivity index (χ1) is 14.1. The average Bonchev–Trinajstić information content (AvgIpc) is 2.68. The summed E-state index contributed by atoms with van der Waals surface area (Å²) in [4.78, 5) is 23.8. The summed E-state index contributed by atoms with van der Waals surface area (Å²) >= 11 is 0. The van der Waals surface area contributed by atoms with E-state index in [9.17, 15) is 14.7 Å². The second-order valence-electron chi connectivity index (χ2n) is 9.31. The maximum absolute atomic E-state index is 12.5. The molecule has 6 nitrogen and oxygen atoms in total. The number of carbonyl (C=O) groups excluding carboxylic acids is 1. The molecule has 1 saturated carbocycles. The number of aliphatic carboxylic acids is 1.